The predicted octanol–water partition coefficient (Wildman–Crippen LogP) is 5.64. The second-order valence-corrected chi connectivity index (χ2v) is 10.5. The first-order valence-corrected chi connectivity index (χ1v) is 12.8. The molecular formula is C22H24ClN3O2S2. The van der Waals surface area contributed by atoms with Gasteiger partial charge < -0.3 is 5.32 Å². The van der Waals surface area contributed by atoms with Crippen LogP contribution in [-0.4, -0.2) is 30.8 Å². The molecule has 0 spiro atoms. The average molecular weight is 462 g/mol. The summed E-state index contributed by atoms with van der Waals surface area (Å²) in [5.41, 5.74) is 2.73. The molecule has 1 saturated heterocycles. The number of rotatable bonds is 6. The fourth-order valence-electron chi connectivity index (χ4n) is 3.53. The highest BCUT2D eigenvalue weighted by atomic mass is 35.5. The molecule has 1 fully saturated rings. The van der Waals surface area contributed by atoms with Crippen LogP contribution in [0.5, 0.6) is 0 Å². The highest BCUT2D eigenvalue weighted by molar-refractivity contribution is 7.89. The third kappa shape index (κ3) is 4.86. The summed E-state index contributed by atoms with van der Waals surface area (Å²) in [5, 5.41) is 6.78. The number of hydrogen-bond donors (Lipinski definition) is 1. The Labute approximate surface area is 186 Å². The van der Waals surface area contributed by atoms with E-state index in [4.69, 9.17) is 11.6 Å². The van der Waals surface area contributed by atoms with Gasteiger partial charge in [0.2, 0.25) is 10.0 Å². The van der Waals surface area contributed by atoms with Gasteiger partial charge in [0, 0.05) is 35.6 Å². The Balaban J connectivity index is 1.45. The molecule has 0 radical (unpaired) electrons. The van der Waals surface area contributed by atoms with E-state index in [0.717, 1.165) is 52.7 Å². The number of hydrogen-bond acceptors (Lipinski definition) is 5. The maximum absolute atomic E-state index is 12.9. The molecule has 0 unspecified atom stereocenters. The lowest BCUT2D eigenvalue weighted by Crippen LogP contribution is -2.31. The first-order valence-electron chi connectivity index (χ1n) is 10.1. The van der Waals surface area contributed by atoms with Gasteiger partial charge in [-0.1, -0.05) is 54.8 Å². The van der Waals surface area contributed by atoms with Crippen molar-refractivity contribution >= 4 is 38.1 Å². The predicted molar refractivity (Wildman–Crippen MR) is 124 cm³/mol. The molecule has 0 aliphatic carbocycles. The molecule has 1 N–H and O–H groups in total. The molecule has 0 atom stereocenters. The first kappa shape index (κ1) is 21.3. The second-order valence-electron chi connectivity index (χ2n) is 7.33. The molecule has 3 aromatic rings. The minimum Gasteiger partial charge on any atom is -0.357 e. The van der Waals surface area contributed by atoms with Gasteiger partial charge in [-0.05, 0) is 36.6 Å². The van der Waals surface area contributed by atoms with Gasteiger partial charge in [0.25, 0.3) is 0 Å². The third-order valence-electron chi connectivity index (χ3n) is 5.24. The van der Waals surface area contributed by atoms with Gasteiger partial charge in [-0.2, -0.15) is 4.31 Å². The van der Waals surface area contributed by atoms with Gasteiger partial charge in [0.15, 0.2) is 5.13 Å². The molecule has 2 heterocycles. The lowest BCUT2D eigenvalue weighted by Gasteiger charge is -2.19. The molecule has 1 aliphatic heterocycles. The van der Waals surface area contributed by atoms with Crippen molar-refractivity contribution in [1.29, 1.82) is 0 Å². The second kappa shape index (κ2) is 9.47. The van der Waals surface area contributed by atoms with Crippen LogP contribution in [0.2, 0.25) is 5.02 Å². The molecule has 30 heavy (non-hydrogen) atoms. The van der Waals surface area contributed by atoms with E-state index < -0.39 is 10.0 Å². The van der Waals surface area contributed by atoms with Crippen LogP contribution in [-0.2, 0) is 16.6 Å². The maximum Gasteiger partial charge on any atom is 0.243 e. The summed E-state index contributed by atoms with van der Waals surface area (Å²) >= 11 is 7.71. The largest absolute Gasteiger partial charge is 0.357 e. The van der Waals surface area contributed by atoms with Crippen LogP contribution in [0.25, 0.3) is 11.3 Å². The average Bonchev–Trinajstić information content (AvgIpc) is 3.05. The minimum absolute atomic E-state index is 0.348. The first-order chi connectivity index (χ1) is 14.5. The van der Waals surface area contributed by atoms with E-state index in [9.17, 15) is 8.42 Å². The minimum atomic E-state index is -3.43. The van der Waals surface area contributed by atoms with E-state index in [0.29, 0.717) is 24.5 Å². The van der Waals surface area contributed by atoms with Crippen molar-refractivity contribution in [3.63, 3.8) is 0 Å². The quantitative estimate of drug-likeness (QED) is 0.516. The number of nitrogens with one attached hydrogen (secondary N) is 1. The number of thiazole rings is 1. The lowest BCUT2D eigenvalue weighted by atomic mass is 10.2. The van der Waals surface area contributed by atoms with Gasteiger partial charge in [-0.3, -0.25) is 0 Å². The molecule has 0 bridgehead atoms. The van der Waals surface area contributed by atoms with Crippen molar-refractivity contribution < 1.29 is 8.42 Å². The van der Waals surface area contributed by atoms with Crippen LogP contribution >= 0.6 is 22.9 Å². The SMILES string of the molecule is O=S(=O)(c1ccc(-c2csc(NCc3ccccc3Cl)n2)cc1)N1CCCCCC1. The van der Waals surface area contributed by atoms with E-state index in [-0.39, 0.29) is 0 Å². The van der Waals surface area contributed by atoms with E-state index in [1.807, 2.05) is 41.8 Å². The molecule has 4 rings (SSSR count). The Morgan fingerprint density at radius 1 is 1.00 bits per heavy atom. The van der Waals surface area contributed by atoms with Crippen LogP contribution in [0, 0.1) is 0 Å². The molecule has 0 saturated carbocycles. The molecule has 158 valence electrons. The van der Waals surface area contributed by atoms with Crippen LogP contribution in [0.1, 0.15) is 31.2 Å². The lowest BCUT2D eigenvalue weighted by molar-refractivity contribution is 0.424. The molecule has 0 amide bonds. The highest BCUT2D eigenvalue weighted by Gasteiger charge is 2.25. The molecular weight excluding hydrogens is 438 g/mol. The zero-order valence-electron chi connectivity index (χ0n) is 16.6. The van der Waals surface area contributed by atoms with Gasteiger partial charge in [-0.25, -0.2) is 13.4 Å². The topological polar surface area (TPSA) is 62.3 Å². The number of nitrogens with zero attached hydrogens (tertiary/aromatic N) is 2. The summed E-state index contributed by atoms with van der Waals surface area (Å²) in [5.74, 6) is 0. The summed E-state index contributed by atoms with van der Waals surface area (Å²) in [6, 6.07) is 14.7. The van der Waals surface area contributed by atoms with Crippen LogP contribution in [0.15, 0.2) is 58.8 Å². The van der Waals surface area contributed by atoms with Crippen molar-refractivity contribution in [2.75, 3.05) is 18.4 Å². The van der Waals surface area contributed by atoms with Crippen molar-refractivity contribution in [3.8, 4) is 11.3 Å². The summed E-state index contributed by atoms with van der Waals surface area (Å²) in [4.78, 5) is 4.97. The number of aromatic nitrogens is 1. The number of benzene rings is 2. The van der Waals surface area contributed by atoms with Crippen molar-refractivity contribution in [3.05, 3.63) is 64.5 Å². The van der Waals surface area contributed by atoms with E-state index >= 15 is 0 Å². The Morgan fingerprint density at radius 2 is 1.70 bits per heavy atom. The van der Waals surface area contributed by atoms with E-state index in [1.54, 1.807) is 16.4 Å². The van der Waals surface area contributed by atoms with E-state index in [2.05, 4.69) is 10.3 Å². The van der Waals surface area contributed by atoms with Gasteiger partial charge in [-0.15, -0.1) is 11.3 Å². The zero-order valence-corrected chi connectivity index (χ0v) is 18.9. The van der Waals surface area contributed by atoms with Crippen molar-refractivity contribution in [1.82, 2.24) is 9.29 Å². The number of halogens is 1. The fourth-order valence-corrected chi connectivity index (χ4v) is 5.97. The monoisotopic (exact) mass is 461 g/mol. The fraction of sp³-hybridized carbons (Fsp3) is 0.318. The summed E-state index contributed by atoms with van der Waals surface area (Å²) in [6.07, 6.45) is 4.06. The highest BCUT2D eigenvalue weighted by Crippen LogP contribution is 2.28. The smallest absolute Gasteiger partial charge is 0.243 e. The van der Waals surface area contributed by atoms with E-state index in [1.165, 1.54) is 11.3 Å². The van der Waals surface area contributed by atoms with Crippen LogP contribution in [0.4, 0.5) is 5.13 Å². The summed E-state index contributed by atoms with van der Waals surface area (Å²) in [7, 11) is -3.43. The van der Waals surface area contributed by atoms with Gasteiger partial charge in [0.1, 0.15) is 0 Å². The standard InChI is InChI=1S/C22H24ClN3O2S2/c23-20-8-4-3-7-18(20)15-24-22-25-21(16-29-22)17-9-11-19(12-10-17)30(27,28)26-13-5-1-2-6-14-26/h3-4,7-12,16H,1-2,5-6,13-15H2,(H,24,25). The Kier molecular flexibility index (Phi) is 6.73. The van der Waals surface area contributed by atoms with Crippen molar-refractivity contribution in [2.24, 2.45) is 0 Å². The van der Waals surface area contributed by atoms with Crippen LogP contribution < -0.4 is 5.32 Å². The Morgan fingerprint density at radius 3 is 2.40 bits per heavy atom. The Bertz CT molecular complexity index is 1090. The number of anilines is 1. The maximum atomic E-state index is 12.9. The number of sulfonamides is 1. The molecule has 2 aromatic carbocycles. The zero-order chi connectivity index (χ0) is 21.0. The normalized spacial score (nSPS) is 15.6. The molecule has 1 aliphatic rings. The Hall–Kier alpha value is -1.93. The molecule has 1 aromatic heterocycles. The summed E-state index contributed by atoms with van der Waals surface area (Å²) < 4.78 is 27.5. The molecule has 8 heteroatoms. The van der Waals surface area contributed by atoms with Gasteiger partial charge in [0.05, 0.1) is 10.6 Å². The van der Waals surface area contributed by atoms with Crippen molar-refractivity contribution in [2.45, 2.75) is 37.1 Å². The summed E-state index contributed by atoms with van der Waals surface area (Å²) in [6.45, 7) is 1.81. The molecule has 5 nitrogen and oxygen atoms in total. The van der Waals surface area contributed by atoms with Crippen LogP contribution in [0.3, 0.4) is 0 Å². The van der Waals surface area contributed by atoms with Gasteiger partial charge >= 0.3 is 0 Å². The third-order valence-corrected chi connectivity index (χ3v) is 8.33.